The maximum atomic E-state index is 11.4. The Morgan fingerprint density at radius 3 is 1.69 bits per heavy atom. The molecule has 3 N–H and O–H groups in total. The molecule has 0 aliphatic rings. The van der Waals surface area contributed by atoms with Gasteiger partial charge in [0.05, 0.1) is 0 Å². The average molecular weight is 399 g/mol. The van der Waals surface area contributed by atoms with Gasteiger partial charge in [0, 0.05) is 11.8 Å². The Hall–Kier alpha value is -2.49. The standard InChI is InChI=1S/C25H34O4/c1-4-6-8-18-16-20(10-12-22(18)26)25(3,15-14-24(28)29)21-11-13-23(27)19(17-21)9-7-5-2/h10-13,16-17,26-27H,4-9,14-15H2,1-3H3,(H,28,29). The molecule has 0 spiro atoms. The summed E-state index contributed by atoms with van der Waals surface area (Å²) in [5.41, 5.74) is 3.26. The minimum atomic E-state index is -0.828. The first-order valence-electron chi connectivity index (χ1n) is 10.7. The predicted octanol–water partition coefficient (Wildman–Crippen LogP) is 5.95. The molecule has 0 saturated carbocycles. The second-order valence-electron chi connectivity index (χ2n) is 8.12. The molecule has 2 aromatic carbocycles. The van der Waals surface area contributed by atoms with Gasteiger partial charge in [0.15, 0.2) is 0 Å². The molecule has 0 amide bonds. The Bertz CT molecular complexity index is 768. The molecule has 0 atom stereocenters. The minimum absolute atomic E-state index is 0.0485. The third-order valence-electron chi connectivity index (χ3n) is 5.87. The predicted molar refractivity (Wildman–Crippen MR) is 117 cm³/mol. The number of phenolic OH excluding ortho intramolecular Hbond substituents is 2. The normalized spacial score (nSPS) is 11.6. The summed E-state index contributed by atoms with van der Waals surface area (Å²) in [5.74, 6) is -0.250. The first-order valence-corrected chi connectivity index (χ1v) is 10.7. The highest BCUT2D eigenvalue weighted by Crippen LogP contribution is 2.40. The first kappa shape index (κ1) is 22.8. The van der Waals surface area contributed by atoms with Crippen LogP contribution >= 0.6 is 0 Å². The van der Waals surface area contributed by atoms with Crippen LogP contribution in [0.15, 0.2) is 36.4 Å². The molecule has 2 aromatic rings. The lowest BCUT2D eigenvalue weighted by Gasteiger charge is -2.32. The van der Waals surface area contributed by atoms with Crippen molar-refractivity contribution in [2.75, 3.05) is 0 Å². The van der Waals surface area contributed by atoms with Gasteiger partial charge in [0.1, 0.15) is 11.5 Å². The lowest BCUT2D eigenvalue weighted by molar-refractivity contribution is -0.137. The molecule has 0 saturated heterocycles. The number of carboxylic acid groups (broad SMARTS) is 1. The molecule has 0 aliphatic carbocycles. The summed E-state index contributed by atoms with van der Waals surface area (Å²) in [6.45, 7) is 6.29. The van der Waals surface area contributed by atoms with E-state index in [1.807, 2.05) is 24.3 Å². The first-order chi connectivity index (χ1) is 13.8. The van der Waals surface area contributed by atoms with Crippen LogP contribution in [0.5, 0.6) is 11.5 Å². The number of phenols is 2. The smallest absolute Gasteiger partial charge is 0.303 e. The highest BCUT2D eigenvalue weighted by Gasteiger charge is 2.31. The zero-order chi connectivity index (χ0) is 21.4. The van der Waals surface area contributed by atoms with Gasteiger partial charge in [-0.25, -0.2) is 0 Å². The van der Waals surface area contributed by atoms with Gasteiger partial charge in [-0.1, -0.05) is 57.9 Å². The topological polar surface area (TPSA) is 77.8 Å². The number of carbonyl (C=O) groups is 1. The molecular weight excluding hydrogens is 364 g/mol. The van der Waals surface area contributed by atoms with Crippen molar-refractivity contribution in [1.29, 1.82) is 0 Å². The van der Waals surface area contributed by atoms with E-state index in [2.05, 4.69) is 20.8 Å². The lowest BCUT2D eigenvalue weighted by atomic mass is 9.72. The van der Waals surface area contributed by atoms with Crippen LogP contribution in [0.25, 0.3) is 0 Å². The molecule has 4 nitrogen and oxygen atoms in total. The van der Waals surface area contributed by atoms with Crippen molar-refractivity contribution < 1.29 is 20.1 Å². The number of aromatic hydroxyl groups is 2. The van der Waals surface area contributed by atoms with Crippen LogP contribution in [0.4, 0.5) is 0 Å². The Kier molecular flexibility index (Phi) is 8.12. The van der Waals surface area contributed by atoms with E-state index in [0.717, 1.165) is 60.8 Å². The van der Waals surface area contributed by atoms with E-state index in [4.69, 9.17) is 0 Å². The highest BCUT2D eigenvalue weighted by molar-refractivity contribution is 5.67. The molecule has 158 valence electrons. The molecule has 29 heavy (non-hydrogen) atoms. The maximum absolute atomic E-state index is 11.4. The van der Waals surface area contributed by atoms with Gasteiger partial charge in [-0.05, 0) is 66.5 Å². The summed E-state index contributed by atoms with van der Waals surface area (Å²) in [6, 6.07) is 11.3. The van der Waals surface area contributed by atoms with Crippen molar-refractivity contribution in [3.8, 4) is 11.5 Å². The molecule has 0 bridgehead atoms. The van der Waals surface area contributed by atoms with Crippen molar-refractivity contribution in [2.45, 2.75) is 77.6 Å². The summed E-state index contributed by atoms with van der Waals surface area (Å²) in [4.78, 5) is 11.4. The van der Waals surface area contributed by atoms with Crippen molar-refractivity contribution in [3.05, 3.63) is 58.7 Å². The third-order valence-corrected chi connectivity index (χ3v) is 5.87. The fourth-order valence-corrected chi connectivity index (χ4v) is 3.80. The van der Waals surface area contributed by atoms with Crippen molar-refractivity contribution in [2.24, 2.45) is 0 Å². The maximum Gasteiger partial charge on any atom is 0.303 e. The molecule has 4 heteroatoms. The van der Waals surface area contributed by atoms with Crippen LogP contribution < -0.4 is 0 Å². The van der Waals surface area contributed by atoms with E-state index in [1.54, 1.807) is 12.1 Å². The summed E-state index contributed by atoms with van der Waals surface area (Å²) >= 11 is 0. The number of unbranched alkanes of at least 4 members (excludes halogenated alkanes) is 2. The van der Waals surface area contributed by atoms with Crippen LogP contribution in [0.2, 0.25) is 0 Å². The highest BCUT2D eigenvalue weighted by atomic mass is 16.4. The second kappa shape index (κ2) is 10.3. The zero-order valence-electron chi connectivity index (χ0n) is 17.9. The fourth-order valence-electron chi connectivity index (χ4n) is 3.80. The van der Waals surface area contributed by atoms with E-state index >= 15 is 0 Å². The molecule has 0 aromatic heterocycles. The molecule has 2 rings (SSSR count). The van der Waals surface area contributed by atoms with Crippen LogP contribution in [0, 0.1) is 0 Å². The van der Waals surface area contributed by atoms with Crippen LogP contribution in [0.1, 0.15) is 81.5 Å². The number of hydrogen-bond donors (Lipinski definition) is 3. The van der Waals surface area contributed by atoms with Gasteiger partial charge < -0.3 is 15.3 Å². The molecule has 0 unspecified atom stereocenters. The summed E-state index contributed by atoms with van der Waals surface area (Å²) in [6.07, 6.45) is 6.14. The van der Waals surface area contributed by atoms with E-state index in [0.29, 0.717) is 6.42 Å². The van der Waals surface area contributed by atoms with E-state index in [1.165, 1.54) is 0 Å². The van der Waals surface area contributed by atoms with Crippen molar-refractivity contribution in [1.82, 2.24) is 0 Å². The molecular formula is C25H34O4. The lowest BCUT2D eigenvalue weighted by Crippen LogP contribution is -2.25. The fraction of sp³-hybridized carbons (Fsp3) is 0.480. The van der Waals surface area contributed by atoms with Crippen LogP contribution in [-0.2, 0) is 23.1 Å². The summed E-state index contributed by atoms with van der Waals surface area (Å²) < 4.78 is 0. The minimum Gasteiger partial charge on any atom is -0.508 e. The van der Waals surface area contributed by atoms with Crippen molar-refractivity contribution >= 4 is 5.97 Å². The second-order valence-corrected chi connectivity index (χ2v) is 8.12. The monoisotopic (exact) mass is 398 g/mol. The summed E-state index contributed by atoms with van der Waals surface area (Å²) in [5, 5.41) is 29.9. The molecule has 0 fully saturated rings. The Morgan fingerprint density at radius 2 is 1.31 bits per heavy atom. The van der Waals surface area contributed by atoms with Crippen LogP contribution in [-0.4, -0.2) is 21.3 Å². The number of carboxylic acids is 1. The van der Waals surface area contributed by atoms with Gasteiger partial charge >= 0.3 is 5.97 Å². The van der Waals surface area contributed by atoms with Gasteiger partial charge in [0.2, 0.25) is 0 Å². The van der Waals surface area contributed by atoms with Crippen LogP contribution in [0.3, 0.4) is 0 Å². The summed E-state index contributed by atoms with van der Waals surface area (Å²) in [7, 11) is 0. The van der Waals surface area contributed by atoms with Gasteiger partial charge in [-0.15, -0.1) is 0 Å². The third kappa shape index (κ3) is 5.75. The Labute approximate surface area is 174 Å². The number of aliphatic carboxylic acids is 1. The number of aryl methyl sites for hydroxylation is 2. The average Bonchev–Trinajstić information content (AvgIpc) is 2.70. The molecule has 0 aliphatic heterocycles. The van der Waals surface area contributed by atoms with Gasteiger partial charge in [0.25, 0.3) is 0 Å². The van der Waals surface area contributed by atoms with Gasteiger partial charge in [-0.3, -0.25) is 4.79 Å². The zero-order valence-corrected chi connectivity index (χ0v) is 17.9. The van der Waals surface area contributed by atoms with E-state index in [-0.39, 0.29) is 17.9 Å². The van der Waals surface area contributed by atoms with E-state index < -0.39 is 11.4 Å². The molecule has 0 radical (unpaired) electrons. The van der Waals surface area contributed by atoms with E-state index in [9.17, 15) is 20.1 Å². The van der Waals surface area contributed by atoms with Gasteiger partial charge in [-0.2, -0.15) is 0 Å². The Balaban J connectivity index is 2.52. The van der Waals surface area contributed by atoms with Crippen molar-refractivity contribution in [3.63, 3.8) is 0 Å². The number of hydrogen-bond acceptors (Lipinski definition) is 3. The number of benzene rings is 2. The molecule has 0 heterocycles. The largest absolute Gasteiger partial charge is 0.508 e. The Morgan fingerprint density at radius 1 is 0.862 bits per heavy atom. The quantitative estimate of drug-likeness (QED) is 0.437. The number of rotatable bonds is 11. The SMILES string of the molecule is CCCCc1cc(C(C)(CCC(=O)O)c2ccc(O)c(CCCC)c2)ccc1O.